The predicted molar refractivity (Wildman–Crippen MR) is 168 cm³/mol. The lowest BCUT2D eigenvalue weighted by atomic mass is 9.97. The normalized spacial score (nSPS) is 38.7. The standard InChI is InChI=1S/C32H40O21/c33-6-18-22(41)24(43)27(46)31(51-18)49-16-4-10(35)3-15-11(16)5-17(28(48-15)9-1-12(36)20(39)13(37)2-9)50-32-29(25(44)23(42)19(7-34)52-32)53-30-26(45)21(40)14(38)8-47-30/h1-5,14,18-19,21-46H,6-8H2/p+1/t14-,18-,19-,21-,22-,23+,24+,25+,26-,27-,28?,29-,30-,31-,32-/m1/s1. The van der Waals surface area contributed by atoms with Gasteiger partial charge in [-0.3, -0.25) is 0 Å². The summed E-state index contributed by atoms with van der Waals surface area (Å²) in [7, 11) is 0. The van der Waals surface area contributed by atoms with E-state index in [9.17, 15) is 71.5 Å². The van der Waals surface area contributed by atoms with Gasteiger partial charge in [0, 0.05) is 12.1 Å². The zero-order valence-corrected chi connectivity index (χ0v) is 27.3. The maximum absolute atomic E-state index is 11.1. The first kappa shape index (κ1) is 38.9. The molecule has 21 heteroatoms. The van der Waals surface area contributed by atoms with Crippen LogP contribution in [0.1, 0.15) is 17.2 Å². The van der Waals surface area contributed by atoms with E-state index in [4.69, 9.17) is 28.4 Å². The molecule has 6 rings (SSSR count). The summed E-state index contributed by atoms with van der Waals surface area (Å²) < 4.78 is 38.8. The lowest BCUT2D eigenvalue weighted by Crippen LogP contribution is -2.63. The molecular formula is C32H41O21+. The van der Waals surface area contributed by atoms with Gasteiger partial charge in [0.05, 0.1) is 31.5 Å². The van der Waals surface area contributed by atoms with Gasteiger partial charge in [0.1, 0.15) is 78.1 Å². The highest BCUT2D eigenvalue weighted by atomic mass is 16.8. The molecule has 3 fully saturated rings. The van der Waals surface area contributed by atoms with Crippen molar-refractivity contribution in [3.63, 3.8) is 0 Å². The van der Waals surface area contributed by atoms with Gasteiger partial charge >= 0.3 is 0 Å². The molecule has 0 spiro atoms. The third-order valence-corrected chi connectivity index (χ3v) is 9.25. The van der Waals surface area contributed by atoms with Gasteiger partial charge in [-0.15, -0.1) is 0 Å². The van der Waals surface area contributed by atoms with Crippen molar-refractivity contribution in [2.75, 3.05) is 19.8 Å². The Hall–Kier alpha value is -3.78. The smallest absolute Gasteiger partial charge is 0.270 e. The Morgan fingerprint density at radius 1 is 0.660 bits per heavy atom. The molecule has 294 valence electrons. The Morgan fingerprint density at radius 2 is 1.26 bits per heavy atom. The number of aromatic hydroxyl groups is 5. The summed E-state index contributed by atoms with van der Waals surface area (Å²) in [6.07, 6.45) is -24.2. The highest BCUT2D eigenvalue weighted by Gasteiger charge is 2.51. The van der Waals surface area contributed by atoms with Gasteiger partial charge in [-0.1, -0.05) is 0 Å². The molecule has 2 aromatic rings. The number of benzene rings is 2. The minimum Gasteiger partial charge on any atom is -0.571 e. The van der Waals surface area contributed by atoms with Crippen LogP contribution in [0.5, 0.6) is 34.5 Å². The van der Waals surface area contributed by atoms with Gasteiger partial charge in [0.2, 0.25) is 12.6 Å². The number of ether oxygens (including phenoxy) is 7. The summed E-state index contributed by atoms with van der Waals surface area (Å²) in [6, 6.07) is 4.27. The molecule has 4 heterocycles. The van der Waals surface area contributed by atoms with E-state index in [0.717, 1.165) is 18.2 Å². The number of rotatable bonds is 9. The van der Waals surface area contributed by atoms with Crippen LogP contribution in [0.4, 0.5) is 0 Å². The van der Waals surface area contributed by atoms with E-state index in [2.05, 4.69) is 4.74 Å². The molecule has 2 aromatic carbocycles. The molecule has 4 aliphatic rings. The third-order valence-electron chi connectivity index (χ3n) is 9.25. The van der Waals surface area contributed by atoms with E-state index in [1.807, 2.05) is 0 Å². The minimum atomic E-state index is -1.92. The number of hydrogen-bond donors (Lipinski definition) is 14. The fourth-order valence-electron chi connectivity index (χ4n) is 6.27. The van der Waals surface area contributed by atoms with Crippen molar-refractivity contribution >= 4 is 6.08 Å². The number of aliphatic hydroxyl groups excluding tert-OH is 10. The zero-order valence-electron chi connectivity index (χ0n) is 27.3. The summed E-state index contributed by atoms with van der Waals surface area (Å²) in [4.78, 5) is 0. The van der Waals surface area contributed by atoms with Gasteiger partial charge in [-0.2, -0.15) is 0 Å². The number of phenols is 4. The van der Waals surface area contributed by atoms with Crippen molar-refractivity contribution in [2.45, 2.75) is 92.1 Å². The predicted octanol–water partition coefficient (Wildman–Crippen LogP) is -4.70. The van der Waals surface area contributed by atoms with Crippen LogP contribution in [-0.2, 0) is 23.7 Å². The van der Waals surface area contributed by atoms with Crippen LogP contribution in [0.2, 0.25) is 0 Å². The average molecular weight is 762 g/mol. The number of aliphatic hydroxyl groups is 11. The Morgan fingerprint density at radius 3 is 1.91 bits per heavy atom. The van der Waals surface area contributed by atoms with Crippen molar-refractivity contribution in [1.82, 2.24) is 0 Å². The molecule has 15 N–H and O–H groups in total. The molecule has 0 bridgehead atoms. The summed E-state index contributed by atoms with van der Waals surface area (Å²) in [5, 5.41) is 144. The maximum atomic E-state index is 11.1. The highest BCUT2D eigenvalue weighted by Crippen LogP contribution is 2.48. The maximum Gasteiger partial charge on any atom is 0.270 e. The fourth-order valence-corrected chi connectivity index (χ4v) is 6.27. The number of phenolic OH excluding ortho intramolecular Hbond substituents is 4. The second-order valence-corrected chi connectivity index (χ2v) is 12.9. The zero-order chi connectivity index (χ0) is 38.5. The van der Waals surface area contributed by atoms with Gasteiger partial charge < -0.3 is 105 Å². The minimum absolute atomic E-state index is 0.00560. The van der Waals surface area contributed by atoms with Gasteiger partial charge in [-0.05, 0) is 12.1 Å². The highest BCUT2D eigenvalue weighted by molar-refractivity contribution is 5.70. The summed E-state index contributed by atoms with van der Waals surface area (Å²) >= 11 is 0. The summed E-state index contributed by atoms with van der Waals surface area (Å²) in [5.74, 6) is -3.44. The van der Waals surface area contributed by atoms with Crippen LogP contribution in [-0.4, -0.2) is 182 Å². The Balaban J connectivity index is 1.41. The van der Waals surface area contributed by atoms with Gasteiger partial charge in [0.25, 0.3) is 11.9 Å². The van der Waals surface area contributed by atoms with E-state index in [0.29, 0.717) is 0 Å². The van der Waals surface area contributed by atoms with E-state index in [-0.39, 0.29) is 28.4 Å². The van der Waals surface area contributed by atoms with Crippen molar-refractivity contribution in [3.05, 3.63) is 41.2 Å². The molecule has 1 unspecified atom stereocenters. The van der Waals surface area contributed by atoms with Crippen molar-refractivity contribution in [3.8, 4) is 34.5 Å². The largest absolute Gasteiger partial charge is 0.571 e. The lowest BCUT2D eigenvalue weighted by molar-refractivity contribution is -0.353. The lowest BCUT2D eigenvalue weighted by Gasteiger charge is -2.45. The molecule has 0 aliphatic carbocycles. The number of fused-ring (bicyclic) bond motifs is 1. The molecule has 0 radical (unpaired) electrons. The Kier molecular flexibility index (Phi) is 11.4. The SMILES string of the molecule is OC[C@H]1O[C@@H](OC2=Cc3c(O[C@@H]4O[C@H](CO)[C@@H](O)[C@H](O)[C@H]4O)cc(O)cc3[OH+]C2c2cc(O)c(O)c(O)c2)[C@H](O[C@H]2OC[C@@H](O)[C@@H](O)[C@H]2O)[C@@H](O)[C@H]1O. The van der Waals surface area contributed by atoms with Crippen molar-refractivity contribution < 1.29 is 105 Å². The van der Waals surface area contributed by atoms with Crippen LogP contribution in [0.15, 0.2) is 30.0 Å². The van der Waals surface area contributed by atoms with Gasteiger partial charge in [0.15, 0.2) is 35.4 Å². The molecule has 3 saturated heterocycles. The third kappa shape index (κ3) is 7.50. The van der Waals surface area contributed by atoms with Crippen LogP contribution in [0.25, 0.3) is 6.08 Å². The first-order chi connectivity index (χ1) is 25.1. The molecule has 21 nitrogen and oxygen atoms in total. The molecular weight excluding hydrogens is 720 g/mol. The Labute approximate surface area is 298 Å². The van der Waals surface area contributed by atoms with Crippen LogP contribution in [0, 0.1) is 0 Å². The van der Waals surface area contributed by atoms with Gasteiger partial charge in [-0.25, -0.2) is 0 Å². The van der Waals surface area contributed by atoms with Crippen LogP contribution < -0.4 is 4.74 Å². The van der Waals surface area contributed by atoms with E-state index < -0.39 is 135 Å². The van der Waals surface area contributed by atoms with Crippen LogP contribution in [0.3, 0.4) is 0 Å². The van der Waals surface area contributed by atoms with Crippen molar-refractivity contribution in [2.24, 2.45) is 0 Å². The summed E-state index contributed by atoms with van der Waals surface area (Å²) in [6.45, 7) is -2.11. The second kappa shape index (κ2) is 15.5. The van der Waals surface area contributed by atoms with E-state index in [1.165, 1.54) is 12.1 Å². The molecule has 4 aliphatic heterocycles. The van der Waals surface area contributed by atoms with E-state index >= 15 is 0 Å². The first-order valence-electron chi connectivity index (χ1n) is 16.2. The summed E-state index contributed by atoms with van der Waals surface area (Å²) in [5.41, 5.74) is -0.0425. The average Bonchev–Trinajstić information content (AvgIpc) is 3.13. The van der Waals surface area contributed by atoms with E-state index in [1.54, 1.807) is 0 Å². The molecule has 0 amide bonds. The Bertz CT molecular complexity index is 1610. The quantitative estimate of drug-likeness (QED) is 0.0843. The second-order valence-electron chi connectivity index (χ2n) is 12.9. The molecule has 53 heavy (non-hydrogen) atoms. The molecule has 0 saturated carbocycles. The monoisotopic (exact) mass is 761 g/mol. The first-order valence-corrected chi connectivity index (χ1v) is 16.2. The molecule has 15 atom stereocenters. The number of hydrogen-bond acceptors (Lipinski definition) is 20. The van der Waals surface area contributed by atoms with Crippen LogP contribution >= 0.6 is 0 Å². The fraction of sp³-hybridized carbons (Fsp3) is 0.562. The van der Waals surface area contributed by atoms with Crippen molar-refractivity contribution in [1.29, 1.82) is 0 Å². The topological polar surface area (TPSA) is 351 Å². The molecule has 0 aromatic heterocycles.